The number of halogens is 2. The molecule has 2 nitrogen and oxygen atoms in total. The van der Waals surface area contributed by atoms with E-state index in [-0.39, 0.29) is 0 Å². The fraction of sp³-hybridized carbons (Fsp3) is 0.172. The van der Waals surface area contributed by atoms with E-state index in [2.05, 4.69) is 44.9 Å². The van der Waals surface area contributed by atoms with E-state index in [1.807, 2.05) is 91.0 Å². The average molecular weight is 569 g/mol. The summed E-state index contributed by atoms with van der Waals surface area (Å²) in [7, 11) is 9.87. The third-order valence-electron chi connectivity index (χ3n) is 5.83. The number of benzene rings is 3. The van der Waals surface area contributed by atoms with Crippen LogP contribution in [0, 0.1) is 29.6 Å². The van der Waals surface area contributed by atoms with Gasteiger partial charge in [-0.25, -0.2) is 0 Å². The number of hydrogen-bond acceptors (Lipinski definition) is 1. The number of nitrogens with zero attached hydrogens (tertiary/aromatic N) is 2. The van der Waals surface area contributed by atoms with Crippen LogP contribution in [0.4, 0.5) is 11.4 Å². The first kappa shape index (κ1) is 28.8. The van der Waals surface area contributed by atoms with Gasteiger partial charge in [-0.3, -0.25) is 0 Å². The van der Waals surface area contributed by atoms with E-state index < -0.39 is 20.8 Å². The molecule has 3 aromatic rings. The first-order valence-electron chi connectivity index (χ1n) is 11.0. The van der Waals surface area contributed by atoms with Gasteiger partial charge in [-0.1, -0.05) is 131 Å². The molecule has 173 valence electrons. The molecule has 3 aromatic carbocycles. The molecule has 0 spiro atoms. The summed E-state index contributed by atoms with van der Waals surface area (Å²) < 4.78 is 0. The third kappa shape index (κ3) is 8.99. The summed E-state index contributed by atoms with van der Waals surface area (Å²) in [4.78, 5) is 4.67. The van der Waals surface area contributed by atoms with Crippen LogP contribution in [0.5, 0.6) is 0 Å². The normalized spacial score (nSPS) is 15.6. The maximum atomic E-state index is 4.93. The number of hydrogen-bond donors (Lipinski definition) is 0. The van der Waals surface area contributed by atoms with Crippen LogP contribution in [-0.2, 0) is 20.8 Å². The standard InChI is InChI=1S/C19H15N2.C10H15.2ClH.Zr/c1-4-10-16(11-5-1)19(20-17-12-6-2-7-13-17)21-18-14-8-3-9-15-18;1-6-7(2)9(4)10(5)8(6)3;;;/h1-15H;1-5H3;2*1H;/q-1;;;;+4/p-2. The molecule has 1 saturated carbocycles. The van der Waals surface area contributed by atoms with E-state index >= 15 is 0 Å². The first-order chi connectivity index (χ1) is 16.4. The average Bonchev–Trinajstić information content (AvgIpc) is 3.04. The molecule has 5 heteroatoms. The molecule has 4 rings (SSSR count). The molecule has 0 aliphatic heterocycles. The molecule has 1 fully saturated rings. The van der Waals surface area contributed by atoms with E-state index in [4.69, 9.17) is 17.0 Å². The fourth-order valence-electron chi connectivity index (χ4n) is 3.40. The van der Waals surface area contributed by atoms with Gasteiger partial charge < -0.3 is 10.3 Å². The van der Waals surface area contributed by atoms with Crippen molar-refractivity contribution in [3.63, 3.8) is 0 Å². The van der Waals surface area contributed by atoms with Gasteiger partial charge >= 0.3 is 37.9 Å². The minimum atomic E-state index is -0.826. The molecule has 0 atom stereocenters. The molecule has 0 saturated heterocycles. The summed E-state index contributed by atoms with van der Waals surface area (Å²) in [6, 6.07) is 29.8. The van der Waals surface area contributed by atoms with Gasteiger partial charge in [0, 0.05) is 0 Å². The van der Waals surface area contributed by atoms with Gasteiger partial charge in [-0.15, -0.1) is 0 Å². The number of amidine groups is 1. The zero-order chi connectivity index (χ0) is 24.9. The molecule has 1 aliphatic rings. The summed E-state index contributed by atoms with van der Waals surface area (Å²) in [6.07, 6.45) is 0. The molecule has 0 bridgehead atoms. The Balaban J connectivity index is 0.000000263. The van der Waals surface area contributed by atoms with Crippen molar-refractivity contribution in [2.24, 2.45) is 4.99 Å². The Morgan fingerprint density at radius 3 is 1.35 bits per heavy atom. The molecule has 0 N–H and O–H groups in total. The monoisotopic (exact) mass is 566 g/mol. The second-order valence-electron chi connectivity index (χ2n) is 7.78. The molecule has 5 radical (unpaired) electrons. The predicted octanol–water partition coefficient (Wildman–Crippen LogP) is 9.82. The molecule has 0 heterocycles. The maximum Gasteiger partial charge on any atom is -0.0266 e. The molecular formula is C29H30Cl2N2Zr+. The van der Waals surface area contributed by atoms with E-state index in [9.17, 15) is 0 Å². The van der Waals surface area contributed by atoms with Crippen molar-refractivity contribution in [3.05, 3.63) is 131 Å². The zero-order valence-electron chi connectivity index (χ0n) is 20.3. The van der Waals surface area contributed by atoms with Crippen LogP contribution in [0.1, 0.15) is 40.2 Å². The van der Waals surface area contributed by atoms with Crippen molar-refractivity contribution >= 4 is 34.2 Å². The Morgan fingerprint density at radius 2 is 0.941 bits per heavy atom. The van der Waals surface area contributed by atoms with Crippen molar-refractivity contribution < 1.29 is 20.8 Å². The van der Waals surface area contributed by atoms with Gasteiger partial charge in [-0.05, 0) is 46.5 Å². The van der Waals surface area contributed by atoms with Crippen LogP contribution >= 0.6 is 17.0 Å². The van der Waals surface area contributed by atoms with Crippen molar-refractivity contribution in [1.82, 2.24) is 0 Å². The smallest absolute Gasteiger partial charge is 0.0266 e. The zero-order valence-corrected chi connectivity index (χ0v) is 24.3. The maximum absolute atomic E-state index is 4.93. The number of para-hydroxylation sites is 2. The Labute approximate surface area is 224 Å². The molecule has 1 aliphatic carbocycles. The molecule has 0 aromatic heterocycles. The van der Waals surface area contributed by atoms with E-state index in [1.54, 1.807) is 0 Å². The van der Waals surface area contributed by atoms with E-state index in [1.165, 1.54) is 29.6 Å². The van der Waals surface area contributed by atoms with Gasteiger partial charge in [0.15, 0.2) is 0 Å². The van der Waals surface area contributed by atoms with Crippen molar-refractivity contribution in [1.29, 1.82) is 0 Å². The minimum absolute atomic E-state index is 0.716. The van der Waals surface area contributed by atoms with Crippen LogP contribution in [-0.4, -0.2) is 5.84 Å². The van der Waals surface area contributed by atoms with E-state index in [0.29, 0.717) is 5.84 Å². The molecule has 34 heavy (non-hydrogen) atoms. The summed E-state index contributed by atoms with van der Waals surface area (Å²) >= 11 is -0.826. The Hall–Kier alpha value is -1.41. The predicted molar refractivity (Wildman–Crippen MR) is 145 cm³/mol. The van der Waals surface area contributed by atoms with Gasteiger partial charge in [0.05, 0.1) is 0 Å². The third-order valence-corrected chi connectivity index (χ3v) is 5.83. The summed E-state index contributed by atoms with van der Waals surface area (Å²) in [6.45, 7) is 11.0. The Kier molecular flexibility index (Phi) is 13.2. The van der Waals surface area contributed by atoms with Crippen molar-refractivity contribution in [2.45, 2.75) is 34.6 Å². The molecule has 0 unspecified atom stereocenters. The van der Waals surface area contributed by atoms with Gasteiger partial charge in [0.25, 0.3) is 0 Å². The van der Waals surface area contributed by atoms with E-state index in [0.717, 1.165) is 16.9 Å². The van der Waals surface area contributed by atoms with Crippen LogP contribution in [0.15, 0.2) is 96.0 Å². The first-order valence-corrected chi connectivity index (χ1v) is 17.3. The fourth-order valence-corrected chi connectivity index (χ4v) is 3.40. The number of rotatable bonds is 3. The Morgan fingerprint density at radius 1 is 0.588 bits per heavy atom. The van der Waals surface area contributed by atoms with Crippen LogP contribution in [0.3, 0.4) is 0 Å². The minimum Gasteiger partial charge on any atom is -0.436 e. The van der Waals surface area contributed by atoms with Gasteiger partial charge in [-0.2, -0.15) is 0 Å². The topological polar surface area (TPSA) is 26.5 Å². The summed E-state index contributed by atoms with van der Waals surface area (Å²) in [5.41, 5.74) is 2.80. The second-order valence-corrected chi connectivity index (χ2v) is 11.5. The van der Waals surface area contributed by atoms with Crippen molar-refractivity contribution in [2.75, 3.05) is 0 Å². The Bertz CT molecular complexity index is 922. The van der Waals surface area contributed by atoms with Crippen LogP contribution in [0.25, 0.3) is 5.32 Å². The number of aliphatic imine (C=N–C) groups is 1. The molecule has 0 amide bonds. The second kappa shape index (κ2) is 15.6. The van der Waals surface area contributed by atoms with Gasteiger partial charge in [0.2, 0.25) is 0 Å². The largest absolute Gasteiger partial charge is 0.436 e. The summed E-state index contributed by atoms with van der Waals surface area (Å²) in [5, 5.41) is 4.67. The van der Waals surface area contributed by atoms with Crippen LogP contribution in [0.2, 0.25) is 0 Å². The quantitative estimate of drug-likeness (QED) is 0.222. The van der Waals surface area contributed by atoms with Crippen molar-refractivity contribution in [3.8, 4) is 0 Å². The van der Waals surface area contributed by atoms with Crippen LogP contribution < -0.4 is 0 Å². The molecular weight excluding hydrogens is 538 g/mol. The SMILES string of the molecule is C[C]1[C](C)[C](C)[C](C)[C]1C.[Cl][Zr+2][Cl].c1ccc(N=C([N-]c2ccccc2)c2ccccc2)cc1. The summed E-state index contributed by atoms with van der Waals surface area (Å²) in [5.74, 6) is 8.05. The van der Waals surface area contributed by atoms with Gasteiger partial charge in [0.1, 0.15) is 0 Å².